The number of carbonyl (C=O) groups excluding carboxylic acids is 2. The number of Topliss-reactive ketones (excluding diaryl/α,β-unsaturated/α-hetero) is 1. The number of para-hydroxylation sites is 1. The van der Waals surface area contributed by atoms with Crippen LogP contribution in [0.4, 0.5) is 0 Å². The number of methoxy groups -OCH3 is 1. The molecule has 0 saturated heterocycles. The van der Waals surface area contributed by atoms with Gasteiger partial charge in [-0.25, -0.2) is 4.79 Å². The van der Waals surface area contributed by atoms with Crippen molar-refractivity contribution in [2.24, 2.45) is 0 Å². The first-order valence-corrected chi connectivity index (χ1v) is 11.6. The lowest BCUT2D eigenvalue weighted by Gasteiger charge is -2.37. The normalized spacial score (nSPS) is 20.3. The minimum atomic E-state index is -0.541. The average molecular weight is 466 g/mol. The van der Waals surface area contributed by atoms with Gasteiger partial charge >= 0.3 is 5.97 Å². The first-order valence-electron chi connectivity index (χ1n) is 11.2. The van der Waals surface area contributed by atoms with Gasteiger partial charge in [-0.3, -0.25) is 4.79 Å². The predicted octanol–water partition coefficient (Wildman–Crippen LogP) is 5.66. The predicted molar refractivity (Wildman–Crippen MR) is 128 cm³/mol. The van der Waals surface area contributed by atoms with E-state index in [0.29, 0.717) is 47.1 Å². The fourth-order valence-electron chi connectivity index (χ4n) is 4.76. The van der Waals surface area contributed by atoms with Crippen LogP contribution in [-0.4, -0.2) is 25.5 Å². The second-order valence-corrected chi connectivity index (χ2v) is 8.88. The number of halogens is 1. The van der Waals surface area contributed by atoms with Crippen molar-refractivity contribution >= 4 is 23.4 Å². The van der Waals surface area contributed by atoms with E-state index >= 15 is 0 Å². The Kier molecular flexibility index (Phi) is 6.89. The average Bonchev–Trinajstić information content (AvgIpc) is 2.82. The van der Waals surface area contributed by atoms with Gasteiger partial charge in [0.1, 0.15) is 5.75 Å². The van der Waals surface area contributed by atoms with Gasteiger partial charge in [-0.1, -0.05) is 48.9 Å². The van der Waals surface area contributed by atoms with Crippen molar-refractivity contribution in [2.45, 2.75) is 44.9 Å². The third-order valence-corrected chi connectivity index (χ3v) is 6.52. The molecule has 1 aliphatic heterocycles. The van der Waals surface area contributed by atoms with Gasteiger partial charge in [0.05, 0.1) is 25.2 Å². The number of carbonyl (C=O) groups is 2. The molecule has 4 rings (SSSR count). The summed E-state index contributed by atoms with van der Waals surface area (Å²) < 4.78 is 11.1. The highest BCUT2D eigenvalue weighted by atomic mass is 35.5. The maximum Gasteiger partial charge on any atom is 0.336 e. The molecular weight excluding hydrogens is 438 g/mol. The van der Waals surface area contributed by atoms with E-state index in [1.807, 2.05) is 62.4 Å². The number of rotatable bonds is 6. The number of benzene rings is 2. The Bertz CT molecular complexity index is 1130. The van der Waals surface area contributed by atoms with E-state index in [0.717, 1.165) is 23.2 Å². The van der Waals surface area contributed by atoms with Crippen LogP contribution in [0.2, 0.25) is 5.02 Å². The number of esters is 1. The standard InChI is InChI=1S/C27H28ClNO4/c1-4-13-33-23-8-6-5-7-20(23)25-24(27(31)32-3)16(2)29-21-14-18(15-22(30)26(21)25)17-9-11-19(28)12-10-17/h5-12,18,25,29H,4,13-15H2,1-3H3. The van der Waals surface area contributed by atoms with Crippen LogP contribution in [0.15, 0.2) is 71.1 Å². The van der Waals surface area contributed by atoms with Crippen LogP contribution in [0.25, 0.3) is 0 Å². The third-order valence-electron chi connectivity index (χ3n) is 6.27. The quantitative estimate of drug-likeness (QED) is 0.557. The van der Waals surface area contributed by atoms with Crippen LogP contribution in [0.3, 0.4) is 0 Å². The number of nitrogens with one attached hydrogen (secondary N) is 1. The number of ketones is 1. The van der Waals surface area contributed by atoms with Crippen molar-refractivity contribution in [1.29, 1.82) is 0 Å². The highest BCUT2D eigenvalue weighted by Crippen LogP contribution is 2.47. The van der Waals surface area contributed by atoms with Gasteiger partial charge in [0.2, 0.25) is 0 Å². The van der Waals surface area contributed by atoms with Crippen molar-refractivity contribution in [3.05, 3.63) is 87.2 Å². The van der Waals surface area contributed by atoms with E-state index < -0.39 is 11.9 Å². The molecule has 0 radical (unpaired) electrons. The SMILES string of the molecule is CCCOc1ccccc1C1C(C(=O)OC)=C(C)NC2=C1C(=O)CC(c1ccc(Cl)cc1)C2. The molecule has 0 spiro atoms. The minimum Gasteiger partial charge on any atom is -0.493 e. The first-order chi connectivity index (χ1) is 15.9. The molecule has 0 bridgehead atoms. The molecule has 0 amide bonds. The number of hydrogen-bond acceptors (Lipinski definition) is 5. The molecule has 2 atom stereocenters. The molecule has 0 aromatic heterocycles. The Labute approximate surface area is 199 Å². The summed E-state index contributed by atoms with van der Waals surface area (Å²) in [6, 6.07) is 15.3. The van der Waals surface area contributed by atoms with E-state index in [1.165, 1.54) is 7.11 Å². The van der Waals surface area contributed by atoms with Crippen LogP contribution in [0.1, 0.15) is 56.1 Å². The van der Waals surface area contributed by atoms with Gasteiger partial charge in [-0.2, -0.15) is 0 Å². The van der Waals surface area contributed by atoms with E-state index in [9.17, 15) is 9.59 Å². The van der Waals surface area contributed by atoms with Crippen LogP contribution in [0.5, 0.6) is 5.75 Å². The summed E-state index contributed by atoms with van der Waals surface area (Å²) in [6.45, 7) is 4.45. The number of dihydropyridines is 1. The van der Waals surface area contributed by atoms with Crippen molar-refractivity contribution in [3.63, 3.8) is 0 Å². The molecule has 0 saturated carbocycles. The van der Waals surface area contributed by atoms with Crippen LogP contribution in [-0.2, 0) is 14.3 Å². The van der Waals surface area contributed by atoms with Gasteiger partial charge < -0.3 is 14.8 Å². The Balaban J connectivity index is 1.81. The minimum absolute atomic E-state index is 0.0212. The third kappa shape index (κ3) is 4.55. The molecule has 1 heterocycles. The Morgan fingerprint density at radius 2 is 1.85 bits per heavy atom. The molecule has 33 heavy (non-hydrogen) atoms. The maximum atomic E-state index is 13.6. The van der Waals surface area contributed by atoms with Gasteiger partial charge in [-0.05, 0) is 49.4 Å². The van der Waals surface area contributed by atoms with Gasteiger partial charge in [-0.15, -0.1) is 0 Å². The van der Waals surface area contributed by atoms with Crippen molar-refractivity contribution in [1.82, 2.24) is 5.32 Å². The Morgan fingerprint density at radius 1 is 1.12 bits per heavy atom. The maximum absolute atomic E-state index is 13.6. The number of hydrogen-bond donors (Lipinski definition) is 1. The highest BCUT2D eigenvalue weighted by molar-refractivity contribution is 6.30. The zero-order valence-corrected chi connectivity index (χ0v) is 19.9. The molecule has 0 fully saturated rings. The monoisotopic (exact) mass is 465 g/mol. The van der Waals surface area contributed by atoms with Crippen molar-refractivity contribution < 1.29 is 19.1 Å². The highest BCUT2D eigenvalue weighted by Gasteiger charge is 2.42. The molecule has 5 nitrogen and oxygen atoms in total. The summed E-state index contributed by atoms with van der Waals surface area (Å²) in [5.41, 5.74) is 4.50. The summed E-state index contributed by atoms with van der Waals surface area (Å²) in [6.07, 6.45) is 1.89. The van der Waals surface area contributed by atoms with Crippen LogP contribution >= 0.6 is 11.6 Å². The summed E-state index contributed by atoms with van der Waals surface area (Å²) in [5.74, 6) is -0.247. The molecule has 2 aromatic carbocycles. The molecule has 2 aromatic rings. The number of allylic oxidation sites excluding steroid dienone is 3. The second kappa shape index (κ2) is 9.84. The fourth-order valence-corrected chi connectivity index (χ4v) is 4.89. The van der Waals surface area contributed by atoms with Gasteiger partial charge in [0.15, 0.2) is 5.78 Å². The molecular formula is C27H28ClNO4. The Morgan fingerprint density at radius 3 is 2.55 bits per heavy atom. The van der Waals surface area contributed by atoms with E-state index in [1.54, 1.807) is 0 Å². The Hall–Kier alpha value is -3.05. The molecule has 2 unspecified atom stereocenters. The smallest absolute Gasteiger partial charge is 0.336 e. The number of ether oxygens (including phenoxy) is 2. The molecule has 6 heteroatoms. The molecule has 1 N–H and O–H groups in total. The summed E-state index contributed by atoms with van der Waals surface area (Å²) in [7, 11) is 1.36. The molecule has 2 aliphatic rings. The first kappa shape index (κ1) is 23.1. The molecule has 1 aliphatic carbocycles. The van der Waals surface area contributed by atoms with E-state index in [-0.39, 0.29) is 11.7 Å². The largest absolute Gasteiger partial charge is 0.493 e. The summed E-state index contributed by atoms with van der Waals surface area (Å²) in [4.78, 5) is 26.5. The fraction of sp³-hybridized carbons (Fsp3) is 0.333. The van der Waals surface area contributed by atoms with E-state index in [2.05, 4.69) is 5.32 Å². The summed E-state index contributed by atoms with van der Waals surface area (Å²) >= 11 is 6.06. The van der Waals surface area contributed by atoms with E-state index in [4.69, 9.17) is 21.1 Å². The lowest BCUT2D eigenvalue weighted by atomic mass is 9.71. The zero-order chi connectivity index (χ0) is 23.5. The van der Waals surface area contributed by atoms with Crippen LogP contribution in [0, 0.1) is 0 Å². The summed E-state index contributed by atoms with van der Waals surface area (Å²) in [5, 5.41) is 4.03. The second-order valence-electron chi connectivity index (χ2n) is 8.45. The van der Waals surface area contributed by atoms with Gasteiger partial charge in [0.25, 0.3) is 0 Å². The van der Waals surface area contributed by atoms with Crippen LogP contribution < -0.4 is 10.1 Å². The van der Waals surface area contributed by atoms with Crippen molar-refractivity contribution in [3.8, 4) is 5.75 Å². The zero-order valence-electron chi connectivity index (χ0n) is 19.1. The van der Waals surface area contributed by atoms with Crippen molar-refractivity contribution in [2.75, 3.05) is 13.7 Å². The lowest BCUT2D eigenvalue weighted by Crippen LogP contribution is -2.36. The molecule has 172 valence electrons. The van der Waals surface area contributed by atoms with Gasteiger partial charge in [0, 0.05) is 34.0 Å². The lowest BCUT2D eigenvalue weighted by molar-refractivity contribution is -0.136. The topological polar surface area (TPSA) is 64.6 Å².